The number of furan rings is 1. The Balaban J connectivity index is 1.06. The van der Waals surface area contributed by atoms with Crippen molar-refractivity contribution in [1.82, 2.24) is 0 Å². The van der Waals surface area contributed by atoms with E-state index in [0.29, 0.717) is 0 Å². The van der Waals surface area contributed by atoms with Crippen LogP contribution in [0.3, 0.4) is 0 Å². The van der Waals surface area contributed by atoms with E-state index in [2.05, 4.69) is 178 Å². The van der Waals surface area contributed by atoms with Gasteiger partial charge in [-0.05, 0) is 118 Å². The summed E-state index contributed by atoms with van der Waals surface area (Å²) in [5.74, 6) is 0. The minimum absolute atomic E-state index is 0.0721. The predicted molar refractivity (Wildman–Crippen MR) is 220 cm³/mol. The van der Waals surface area contributed by atoms with Gasteiger partial charge in [-0.25, -0.2) is 0 Å². The van der Waals surface area contributed by atoms with Gasteiger partial charge in [0.1, 0.15) is 11.2 Å². The molecule has 0 amide bonds. The third-order valence-corrected chi connectivity index (χ3v) is 11.7. The molecule has 0 spiro atoms. The van der Waals surface area contributed by atoms with Crippen LogP contribution in [0.4, 0.5) is 0 Å². The minimum Gasteiger partial charge on any atom is -0.456 e. The van der Waals surface area contributed by atoms with Crippen LogP contribution >= 0.6 is 0 Å². The topological polar surface area (TPSA) is 13.1 Å². The molecular weight excluding hydrogens is 629 g/mol. The van der Waals surface area contributed by atoms with Gasteiger partial charge in [-0.3, -0.25) is 0 Å². The minimum atomic E-state index is -0.0721. The van der Waals surface area contributed by atoms with E-state index in [1.54, 1.807) is 0 Å². The lowest BCUT2D eigenvalue weighted by Crippen LogP contribution is -2.15. The Hall–Kier alpha value is -6.44. The molecule has 1 heteroatoms. The van der Waals surface area contributed by atoms with Gasteiger partial charge in [0.05, 0.1) is 0 Å². The van der Waals surface area contributed by atoms with Crippen LogP contribution in [-0.4, -0.2) is 0 Å². The number of hydrogen-bond donors (Lipinski definition) is 0. The molecule has 0 unspecified atom stereocenters. The van der Waals surface area contributed by atoms with Gasteiger partial charge in [-0.1, -0.05) is 153 Å². The molecule has 1 aliphatic carbocycles. The van der Waals surface area contributed by atoms with Gasteiger partial charge in [0, 0.05) is 16.2 Å². The van der Waals surface area contributed by atoms with Crippen LogP contribution in [0.15, 0.2) is 174 Å². The van der Waals surface area contributed by atoms with E-state index in [-0.39, 0.29) is 5.41 Å². The van der Waals surface area contributed by atoms with Crippen molar-refractivity contribution in [2.24, 2.45) is 0 Å². The zero-order valence-electron chi connectivity index (χ0n) is 29.1. The van der Waals surface area contributed by atoms with Crippen molar-refractivity contribution in [3.8, 4) is 44.5 Å². The van der Waals surface area contributed by atoms with Gasteiger partial charge in [0.25, 0.3) is 0 Å². The van der Waals surface area contributed by atoms with Gasteiger partial charge < -0.3 is 4.42 Å². The summed E-state index contributed by atoms with van der Waals surface area (Å²) in [6.45, 7) is 4.74. The molecule has 0 N–H and O–H groups in total. The van der Waals surface area contributed by atoms with E-state index >= 15 is 0 Å². The highest BCUT2D eigenvalue weighted by molar-refractivity contribution is 6.25. The maximum absolute atomic E-state index is 6.35. The van der Waals surface area contributed by atoms with Gasteiger partial charge in [-0.15, -0.1) is 0 Å². The van der Waals surface area contributed by atoms with Gasteiger partial charge >= 0.3 is 0 Å². The third kappa shape index (κ3) is 4.11. The Morgan fingerprint density at radius 3 is 1.62 bits per heavy atom. The molecule has 52 heavy (non-hydrogen) atoms. The Morgan fingerprint density at radius 1 is 0.365 bits per heavy atom. The fraction of sp³-hybridized carbons (Fsp3) is 0.0588. The van der Waals surface area contributed by atoms with E-state index < -0.39 is 0 Å². The molecule has 10 aromatic rings. The molecule has 0 bridgehead atoms. The summed E-state index contributed by atoms with van der Waals surface area (Å²) in [5, 5.41) is 9.89. The van der Waals surface area contributed by atoms with E-state index in [0.717, 1.165) is 16.6 Å². The van der Waals surface area contributed by atoms with Crippen molar-refractivity contribution in [3.05, 3.63) is 181 Å². The predicted octanol–water partition coefficient (Wildman–Crippen LogP) is 14.4. The number of rotatable bonds is 3. The van der Waals surface area contributed by atoms with Crippen LogP contribution in [0.1, 0.15) is 25.0 Å². The standard InChI is InChI=1S/C51H34O/c1-51(2)44-30-35(26-27-36(44)43-28-33-12-3-4-13-34(33)29-45(43)51)31-22-24-32(25-23-31)48-37-14-5-7-16-39(37)49(40-17-8-6-15-38(40)48)42-19-11-21-47-50(42)41-18-9-10-20-46(41)52-47/h3-30H,1-2H3. The van der Waals surface area contributed by atoms with Crippen LogP contribution in [0.25, 0.3) is 98.8 Å². The number of benzene rings is 9. The van der Waals surface area contributed by atoms with Crippen molar-refractivity contribution in [2.45, 2.75) is 19.3 Å². The molecule has 244 valence electrons. The van der Waals surface area contributed by atoms with Gasteiger partial charge in [0.2, 0.25) is 0 Å². The zero-order valence-corrected chi connectivity index (χ0v) is 29.1. The van der Waals surface area contributed by atoms with Crippen LogP contribution in [-0.2, 0) is 5.41 Å². The second-order valence-electron chi connectivity index (χ2n) is 14.8. The summed E-state index contributed by atoms with van der Waals surface area (Å²) in [7, 11) is 0. The lowest BCUT2D eigenvalue weighted by molar-refractivity contribution is 0.661. The fourth-order valence-electron chi connectivity index (χ4n) is 9.14. The maximum atomic E-state index is 6.35. The molecule has 0 atom stereocenters. The lowest BCUT2D eigenvalue weighted by atomic mass is 9.81. The van der Waals surface area contributed by atoms with E-state index in [1.165, 1.54) is 93.3 Å². The van der Waals surface area contributed by atoms with Gasteiger partial charge in [0.15, 0.2) is 0 Å². The molecule has 0 radical (unpaired) electrons. The Bertz CT molecular complexity index is 3030. The second kappa shape index (κ2) is 10.8. The zero-order chi connectivity index (χ0) is 34.6. The highest BCUT2D eigenvalue weighted by Gasteiger charge is 2.36. The maximum Gasteiger partial charge on any atom is 0.136 e. The fourth-order valence-corrected chi connectivity index (χ4v) is 9.14. The molecule has 1 nitrogen and oxygen atoms in total. The second-order valence-corrected chi connectivity index (χ2v) is 14.8. The molecule has 0 saturated heterocycles. The van der Waals surface area contributed by atoms with Crippen molar-refractivity contribution >= 4 is 54.3 Å². The Kier molecular flexibility index (Phi) is 6.08. The van der Waals surface area contributed by atoms with Crippen molar-refractivity contribution in [2.75, 3.05) is 0 Å². The summed E-state index contributed by atoms with van der Waals surface area (Å²) in [5.41, 5.74) is 14.7. The third-order valence-electron chi connectivity index (χ3n) is 11.7. The van der Waals surface area contributed by atoms with E-state index in [4.69, 9.17) is 4.42 Å². The molecule has 11 rings (SSSR count). The van der Waals surface area contributed by atoms with Crippen LogP contribution in [0.2, 0.25) is 0 Å². The molecule has 0 aliphatic heterocycles. The SMILES string of the molecule is CC1(C)c2cc(-c3ccc(-c4c5ccccc5c(-c5cccc6oc7ccccc7c56)c5ccccc45)cc3)ccc2-c2cc3ccccc3cc21. The van der Waals surface area contributed by atoms with Crippen molar-refractivity contribution < 1.29 is 4.42 Å². The van der Waals surface area contributed by atoms with Crippen LogP contribution in [0.5, 0.6) is 0 Å². The highest BCUT2D eigenvalue weighted by atomic mass is 16.3. The monoisotopic (exact) mass is 662 g/mol. The summed E-state index contributed by atoms with van der Waals surface area (Å²) < 4.78 is 6.35. The summed E-state index contributed by atoms with van der Waals surface area (Å²) in [6.07, 6.45) is 0. The summed E-state index contributed by atoms with van der Waals surface area (Å²) in [4.78, 5) is 0. The average molecular weight is 663 g/mol. The van der Waals surface area contributed by atoms with E-state index in [1.807, 2.05) is 6.07 Å². The first-order valence-corrected chi connectivity index (χ1v) is 18.2. The van der Waals surface area contributed by atoms with Gasteiger partial charge in [-0.2, -0.15) is 0 Å². The smallest absolute Gasteiger partial charge is 0.136 e. The average Bonchev–Trinajstić information content (AvgIpc) is 3.68. The Labute approximate surface area is 302 Å². The van der Waals surface area contributed by atoms with Crippen molar-refractivity contribution in [3.63, 3.8) is 0 Å². The number of hydrogen-bond acceptors (Lipinski definition) is 1. The van der Waals surface area contributed by atoms with E-state index in [9.17, 15) is 0 Å². The molecule has 1 heterocycles. The highest BCUT2D eigenvalue weighted by Crippen LogP contribution is 2.51. The molecule has 9 aromatic carbocycles. The quantitative estimate of drug-likeness (QED) is 0.172. The summed E-state index contributed by atoms with van der Waals surface area (Å²) >= 11 is 0. The van der Waals surface area contributed by atoms with Crippen molar-refractivity contribution in [1.29, 1.82) is 0 Å². The first-order chi connectivity index (χ1) is 25.5. The number of para-hydroxylation sites is 1. The lowest BCUT2D eigenvalue weighted by Gasteiger charge is -2.22. The molecular formula is C51H34O. The molecule has 0 fully saturated rings. The number of fused-ring (bicyclic) bond motifs is 9. The summed E-state index contributed by atoms with van der Waals surface area (Å²) in [6, 6.07) is 62.4. The largest absolute Gasteiger partial charge is 0.456 e. The first-order valence-electron chi connectivity index (χ1n) is 18.2. The van der Waals surface area contributed by atoms with Crippen LogP contribution in [0, 0.1) is 0 Å². The normalized spacial score (nSPS) is 13.3. The first kappa shape index (κ1) is 29.3. The molecule has 1 aromatic heterocycles. The van der Waals surface area contributed by atoms with Crippen LogP contribution < -0.4 is 0 Å². The molecule has 1 aliphatic rings. The Morgan fingerprint density at radius 2 is 0.904 bits per heavy atom. The molecule has 0 saturated carbocycles.